The molecule has 0 heterocycles. The van der Waals surface area contributed by atoms with Gasteiger partial charge < -0.3 is 9.84 Å². The van der Waals surface area contributed by atoms with E-state index in [9.17, 15) is 9.59 Å². The molecule has 4 nitrogen and oxygen atoms in total. The lowest BCUT2D eigenvalue weighted by atomic mass is 9.95. The van der Waals surface area contributed by atoms with E-state index in [0.717, 1.165) is 5.56 Å². The van der Waals surface area contributed by atoms with Gasteiger partial charge in [-0.1, -0.05) is 6.92 Å². The maximum Gasteiger partial charge on any atom is 0.303 e. The van der Waals surface area contributed by atoms with Crippen molar-refractivity contribution in [3.05, 3.63) is 29.3 Å². The number of benzene rings is 1. The predicted octanol–water partition coefficient (Wildman–Crippen LogP) is 2.69. The average Bonchev–Trinajstić information content (AvgIpc) is 2.27. The Balaban J connectivity index is 2.75. The van der Waals surface area contributed by atoms with Crippen molar-refractivity contribution in [3.8, 4) is 5.75 Å². The second-order valence-electron chi connectivity index (χ2n) is 4.51. The highest BCUT2D eigenvalue weighted by atomic mass is 16.5. The van der Waals surface area contributed by atoms with Crippen molar-refractivity contribution in [3.63, 3.8) is 0 Å². The summed E-state index contributed by atoms with van der Waals surface area (Å²) in [5.41, 5.74) is 1.48. The number of carbonyl (C=O) groups excluding carboxylic acids is 1. The first-order valence-electron chi connectivity index (χ1n) is 5.83. The number of methoxy groups -OCH3 is 1. The third-order valence-corrected chi connectivity index (χ3v) is 2.79. The molecule has 4 heteroatoms. The van der Waals surface area contributed by atoms with Gasteiger partial charge in [-0.2, -0.15) is 0 Å². The first-order valence-corrected chi connectivity index (χ1v) is 5.83. The molecule has 1 aromatic carbocycles. The molecule has 0 spiro atoms. The number of rotatable bonds is 6. The predicted molar refractivity (Wildman–Crippen MR) is 68.1 cm³/mol. The van der Waals surface area contributed by atoms with Crippen LogP contribution in [-0.4, -0.2) is 24.0 Å². The number of hydrogen-bond donors (Lipinski definition) is 1. The number of ether oxygens (including phenoxy) is 1. The van der Waals surface area contributed by atoms with Crippen molar-refractivity contribution >= 4 is 11.8 Å². The molecule has 18 heavy (non-hydrogen) atoms. The Bertz CT molecular complexity index is 451. The van der Waals surface area contributed by atoms with Crippen molar-refractivity contribution in [1.82, 2.24) is 0 Å². The number of Topliss-reactive ketones (excluding diaryl/α,β-unsaturated/α-hetero) is 1. The Morgan fingerprint density at radius 2 is 2.00 bits per heavy atom. The highest BCUT2D eigenvalue weighted by Gasteiger charge is 2.15. The number of aryl methyl sites for hydroxylation is 1. The molecule has 0 aliphatic carbocycles. The van der Waals surface area contributed by atoms with E-state index in [4.69, 9.17) is 9.84 Å². The van der Waals surface area contributed by atoms with Gasteiger partial charge in [0, 0.05) is 18.4 Å². The van der Waals surface area contributed by atoms with Crippen molar-refractivity contribution in [2.75, 3.05) is 7.11 Å². The van der Waals surface area contributed by atoms with Crippen molar-refractivity contribution in [2.24, 2.45) is 5.92 Å². The third kappa shape index (κ3) is 3.87. The summed E-state index contributed by atoms with van der Waals surface area (Å²) in [6.07, 6.45) is 0.264. The van der Waals surface area contributed by atoms with Crippen LogP contribution >= 0.6 is 0 Å². The topological polar surface area (TPSA) is 63.6 Å². The molecule has 0 radical (unpaired) electrons. The lowest BCUT2D eigenvalue weighted by Crippen LogP contribution is -2.11. The molecule has 0 saturated heterocycles. The SMILES string of the molecule is COc1ccc(C(=O)C[C@H](C)CC(=O)O)c(C)c1. The Kier molecular flexibility index (Phi) is 4.89. The molecule has 1 N–H and O–H groups in total. The first kappa shape index (κ1) is 14.2. The summed E-state index contributed by atoms with van der Waals surface area (Å²) in [7, 11) is 1.57. The Morgan fingerprint density at radius 3 is 2.50 bits per heavy atom. The van der Waals surface area contributed by atoms with Gasteiger partial charge in [-0.05, 0) is 36.6 Å². The molecule has 1 atom stereocenters. The summed E-state index contributed by atoms with van der Waals surface area (Å²) in [4.78, 5) is 22.6. The lowest BCUT2D eigenvalue weighted by molar-refractivity contribution is -0.137. The van der Waals surface area contributed by atoms with Gasteiger partial charge >= 0.3 is 5.97 Å². The van der Waals surface area contributed by atoms with Crippen molar-refractivity contribution in [2.45, 2.75) is 26.7 Å². The zero-order valence-corrected chi connectivity index (χ0v) is 10.9. The molecule has 0 aromatic heterocycles. The van der Waals surface area contributed by atoms with Crippen LogP contribution in [0.4, 0.5) is 0 Å². The molecule has 0 fully saturated rings. The van der Waals surface area contributed by atoms with Crippen LogP contribution in [-0.2, 0) is 4.79 Å². The molecule has 0 amide bonds. The quantitative estimate of drug-likeness (QED) is 0.788. The minimum Gasteiger partial charge on any atom is -0.497 e. The van der Waals surface area contributed by atoms with Gasteiger partial charge in [0.25, 0.3) is 0 Å². The van der Waals surface area contributed by atoms with Crippen LogP contribution in [0.25, 0.3) is 0 Å². The monoisotopic (exact) mass is 250 g/mol. The highest BCUT2D eigenvalue weighted by molar-refractivity contribution is 5.97. The van der Waals surface area contributed by atoms with E-state index in [1.54, 1.807) is 32.2 Å². The van der Waals surface area contributed by atoms with Crippen LogP contribution in [0.2, 0.25) is 0 Å². The molecule has 1 aromatic rings. The molecule has 0 unspecified atom stereocenters. The highest BCUT2D eigenvalue weighted by Crippen LogP contribution is 2.20. The smallest absolute Gasteiger partial charge is 0.303 e. The summed E-state index contributed by atoms with van der Waals surface area (Å²) in [6.45, 7) is 3.61. The molecular weight excluding hydrogens is 232 g/mol. The molecule has 1 rings (SSSR count). The van der Waals surface area contributed by atoms with Crippen molar-refractivity contribution in [1.29, 1.82) is 0 Å². The van der Waals surface area contributed by atoms with Crippen LogP contribution < -0.4 is 4.74 Å². The van der Waals surface area contributed by atoms with Crippen LogP contribution in [0.5, 0.6) is 5.75 Å². The van der Waals surface area contributed by atoms with Crippen molar-refractivity contribution < 1.29 is 19.4 Å². The Hall–Kier alpha value is -1.84. The minimum atomic E-state index is -0.873. The van der Waals surface area contributed by atoms with Gasteiger partial charge in [-0.3, -0.25) is 9.59 Å². The number of carboxylic acid groups (broad SMARTS) is 1. The number of carboxylic acids is 1. The number of carbonyl (C=O) groups is 2. The standard InChI is InChI=1S/C14H18O4/c1-9(7-14(16)17)6-13(15)12-5-4-11(18-3)8-10(12)2/h4-5,8-9H,6-7H2,1-3H3,(H,16,17)/t9-/m0/s1. The molecule has 0 bridgehead atoms. The van der Waals surface area contributed by atoms with Gasteiger partial charge in [0.15, 0.2) is 5.78 Å². The summed E-state index contributed by atoms with van der Waals surface area (Å²) in [5, 5.41) is 8.66. The molecule has 98 valence electrons. The van der Waals surface area contributed by atoms with Crippen LogP contribution in [0.3, 0.4) is 0 Å². The zero-order chi connectivity index (χ0) is 13.7. The molecule has 0 aliphatic rings. The Morgan fingerprint density at radius 1 is 1.33 bits per heavy atom. The van der Waals surface area contributed by atoms with Gasteiger partial charge in [0.1, 0.15) is 5.75 Å². The molecular formula is C14H18O4. The normalized spacial score (nSPS) is 11.9. The van der Waals surface area contributed by atoms with E-state index in [-0.39, 0.29) is 24.5 Å². The fourth-order valence-corrected chi connectivity index (χ4v) is 1.87. The second kappa shape index (κ2) is 6.19. The summed E-state index contributed by atoms with van der Waals surface area (Å²) in [5.74, 6) is -0.343. The summed E-state index contributed by atoms with van der Waals surface area (Å²) < 4.78 is 5.07. The van der Waals surface area contributed by atoms with E-state index in [2.05, 4.69) is 0 Å². The number of aliphatic carboxylic acids is 1. The van der Waals surface area contributed by atoms with E-state index < -0.39 is 5.97 Å². The second-order valence-corrected chi connectivity index (χ2v) is 4.51. The fraction of sp³-hybridized carbons (Fsp3) is 0.429. The lowest BCUT2D eigenvalue weighted by Gasteiger charge is -2.10. The van der Waals surface area contributed by atoms with Crippen LogP contribution in [0.1, 0.15) is 35.7 Å². The van der Waals surface area contributed by atoms with Crippen LogP contribution in [0.15, 0.2) is 18.2 Å². The van der Waals surface area contributed by atoms with E-state index in [1.807, 2.05) is 6.92 Å². The minimum absolute atomic E-state index is 0.0148. The average molecular weight is 250 g/mol. The van der Waals surface area contributed by atoms with E-state index in [0.29, 0.717) is 11.3 Å². The molecule has 0 saturated carbocycles. The number of hydrogen-bond acceptors (Lipinski definition) is 3. The maximum absolute atomic E-state index is 12.0. The van der Waals surface area contributed by atoms with Gasteiger partial charge in [-0.25, -0.2) is 0 Å². The van der Waals surface area contributed by atoms with Gasteiger partial charge in [-0.15, -0.1) is 0 Å². The van der Waals surface area contributed by atoms with Crippen LogP contribution in [0, 0.1) is 12.8 Å². The largest absolute Gasteiger partial charge is 0.497 e. The third-order valence-electron chi connectivity index (χ3n) is 2.79. The van der Waals surface area contributed by atoms with E-state index >= 15 is 0 Å². The van der Waals surface area contributed by atoms with E-state index in [1.165, 1.54) is 0 Å². The summed E-state index contributed by atoms with van der Waals surface area (Å²) >= 11 is 0. The number of ketones is 1. The van der Waals surface area contributed by atoms with Gasteiger partial charge in [0.05, 0.1) is 7.11 Å². The maximum atomic E-state index is 12.0. The molecule has 0 aliphatic heterocycles. The fourth-order valence-electron chi connectivity index (χ4n) is 1.87. The van der Waals surface area contributed by atoms with Gasteiger partial charge in [0.2, 0.25) is 0 Å². The zero-order valence-electron chi connectivity index (χ0n) is 10.9. The first-order chi connectivity index (χ1) is 8.43. The Labute approximate surface area is 107 Å². The summed E-state index contributed by atoms with van der Waals surface area (Å²) in [6, 6.07) is 5.27.